The third-order valence-electron chi connectivity index (χ3n) is 6.49. The highest BCUT2D eigenvalue weighted by molar-refractivity contribution is 5.92. The number of ether oxygens (including phenoxy) is 2. The summed E-state index contributed by atoms with van der Waals surface area (Å²) < 4.78 is 37.3. The van der Waals surface area contributed by atoms with E-state index in [2.05, 4.69) is 5.32 Å². The summed E-state index contributed by atoms with van der Waals surface area (Å²) in [6.45, 7) is 0. The maximum Gasteiger partial charge on any atom is 0.310 e. The molecule has 8 heteroatoms. The predicted molar refractivity (Wildman–Crippen MR) is 135 cm³/mol. The number of hydrogen-bond donors (Lipinski definition) is 2. The quantitative estimate of drug-likeness (QED) is 0.382. The van der Waals surface area contributed by atoms with E-state index in [4.69, 9.17) is 9.47 Å². The van der Waals surface area contributed by atoms with Gasteiger partial charge in [-0.05, 0) is 84.7 Å². The first-order valence-electron chi connectivity index (χ1n) is 12.2. The lowest BCUT2D eigenvalue weighted by molar-refractivity contribution is -0.149. The fourth-order valence-corrected chi connectivity index (χ4v) is 4.71. The lowest BCUT2D eigenvalue weighted by atomic mass is 9.82. The number of rotatable bonds is 8. The van der Waals surface area contributed by atoms with Crippen LogP contribution in [0.3, 0.4) is 0 Å². The molecule has 37 heavy (non-hydrogen) atoms. The van der Waals surface area contributed by atoms with Crippen molar-refractivity contribution in [2.45, 2.75) is 50.5 Å². The third-order valence-corrected chi connectivity index (χ3v) is 6.49. The van der Waals surface area contributed by atoms with Gasteiger partial charge >= 0.3 is 5.97 Å². The molecule has 1 aliphatic rings. The molecule has 2 N–H and O–H groups in total. The van der Waals surface area contributed by atoms with E-state index in [-0.39, 0.29) is 42.1 Å². The van der Waals surface area contributed by atoms with Crippen molar-refractivity contribution >= 4 is 17.6 Å². The SMILES string of the molecule is COc1cc(CC(=O)Nc2cccc(C3CCC(OC(=O)Cc4cc(F)cc(F)c4)CC3)c2)ccc1O. The van der Waals surface area contributed by atoms with E-state index in [0.29, 0.717) is 24.3 Å². The maximum absolute atomic E-state index is 13.4. The number of hydrogen-bond acceptors (Lipinski definition) is 5. The molecule has 0 radical (unpaired) electrons. The van der Waals surface area contributed by atoms with E-state index in [0.717, 1.165) is 42.2 Å². The summed E-state index contributed by atoms with van der Waals surface area (Å²) in [6, 6.07) is 15.6. The average molecular weight is 510 g/mol. The first-order chi connectivity index (χ1) is 17.8. The number of phenols is 1. The molecule has 194 valence electrons. The van der Waals surface area contributed by atoms with Crippen LogP contribution in [0.5, 0.6) is 11.5 Å². The highest BCUT2D eigenvalue weighted by atomic mass is 19.1. The third kappa shape index (κ3) is 7.29. The summed E-state index contributed by atoms with van der Waals surface area (Å²) in [7, 11) is 1.46. The lowest BCUT2D eigenvalue weighted by Gasteiger charge is -2.29. The number of carbonyl (C=O) groups is 2. The Hall–Kier alpha value is -3.94. The van der Waals surface area contributed by atoms with E-state index in [1.54, 1.807) is 12.1 Å². The Labute approximate surface area is 214 Å². The fraction of sp³-hybridized carbons (Fsp3) is 0.310. The fourth-order valence-electron chi connectivity index (χ4n) is 4.71. The molecule has 0 aliphatic heterocycles. The average Bonchev–Trinajstić information content (AvgIpc) is 2.85. The van der Waals surface area contributed by atoms with Crippen molar-refractivity contribution in [3.8, 4) is 11.5 Å². The Kier molecular flexibility index (Phi) is 8.38. The van der Waals surface area contributed by atoms with Gasteiger partial charge in [0.05, 0.1) is 20.0 Å². The molecule has 0 atom stereocenters. The summed E-state index contributed by atoms with van der Waals surface area (Å²) in [4.78, 5) is 24.8. The zero-order chi connectivity index (χ0) is 26.4. The number of aromatic hydroxyl groups is 1. The van der Waals surface area contributed by atoms with Crippen molar-refractivity contribution in [1.29, 1.82) is 0 Å². The van der Waals surface area contributed by atoms with E-state index >= 15 is 0 Å². The van der Waals surface area contributed by atoms with Crippen LogP contribution in [0, 0.1) is 11.6 Å². The molecule has 0 aromatic heterocycles. The van der Waals surface area contributed by atoms with Gasteiger partial charge in [0.1, 0.15) is 17.7 Å². The van der Waals surface area contributed by atoms with Gasteiger partial charge in [-0.2, -0.15) is 0 Å². The van der Waals surface area contributed by atoms with Gasteiger partial charge in [0.15, 0.2) is 11.5 Å². The Morgan fingerprint density at radius 3 is 2.35 bits per heavy atom. The first-order valence-corrected chi connectivity index (χ1v) is 12.2. The Bertz CT molecular complexity index is 1250. The predicted octanol–water partition coefficient (Wildman–Crippen LogP) is 5.67. The number of carbonyl (C=O) groups excluding carboxylic acids is 2. The van der Waals surface area contributed by atoms with Crippen LogP contribution in [0.25, 0.3) is 0 Å². The Morgan fingerprint density at radius 1 is 0.919 bits per heavy atom. The lowest BCUT2D eigenvalue weighted by Crippen LogP contribution is -2.24. The van der Waals surface area contributed by atoms with Crippen LogP contribution >= 0.6 is 0 Å². The summed E-state index contributed by atoms with van der Waals surface area (Å²) in [6.07, 6.45) is 2.74. The summed E-state index contributed by atoms with van der Waals surface area (Å²) in [5, 5.41) is 12.6. The normalized spacial score (nSPS) is 17.2. The van der Waals surface area contributed by atoms with E-state index in [9.17, 15) is 23.5 Å². The van der Waals surface area contributed by atoms with Gasteiger partial charge in [-0.25, -0.2) is 8.78 Å². The second-order valence-corrected chi connectivity index (χ2v) is 9.27. The minimum atomic E-state index is -0.720. The van der Waals surface area contributed by atoms with Crippen LogP contribution in [0.4, 0.5) is 14.5 Å². The van der Waals surface area contributed by atoms with Crippen molar-refractivity contribution in [1.82, 2.24) is 0 Å². The van der Waals surface area contributed by atoms with Crippen molar-refractivity contribution in [3.63, 3.8) is 0 Å². The molecule has 0 spiro atoms. The molecule has 3 aromatic carbocycles. The molecule has 1 saturated carbocycles. The Balaban J connectivity index is 1.27. The van der Waals surface area contributed by atoms with Crippen molar-refractivity contribution in [3.05, 3.63) is 89.0 Å². The molecule has 3 aromatic rings. The molecule has 0 unspecified atom stereocenters. The van der Waals surface area contributed by atoms with Crippen molar-refractivity contribution in [2.24, 2.45) is 0 Å². The minimum Gasteiger partial charge on any atom is -0.504 e. The molecule has 1 aliphatic carbocycles. The van der Waals surface area contributed by atoms with Crippen LogP contribution in [0.15, 0.2) is 60.7 Å². The van der Waals surface area contributed by atoms with Crippen molar-refractivity contribution in [2.75, 3.05) is 12.4 Å². The van der Waals surface area contributed by atoms with E-state index < -0.39 is 17.6 Å². The second-order valence-electron chi connectivity index (χ2n) is 9.27. The number of methoxy groups -OCH3 is 1. The molecule has 1 amide bonds. The minimum absolute atomic E-state index is 0.0193. The van der Waals surface area contributed by atoms with Gasteiger partial charge in [0.2, 0.25) is 5.91 Å². The monoisotopic (exact) mass is 509 g/mol. The van der Waals surface area contributed by atoms with E-state index in [1.807, 2.05) is 24.3 Å². The number of esters is 1. The summed E-state index contributed by atoms with van der Waals surface area (Å²) in [5.74, 6) is -1.51. The van der Waals surface area contributed by atoms with E-state index in [1.165, 1.54) is 13.2 Å². The molecule has 1 fully saturated rings. The van der Waals surface area contributed by atoms with Crippen LogP contribution in [-0.4, -0.2) is 30.2 Å². The number of amides is 1. The largest absolute Gasteiger partial charge is 0.504 e. The number of benzene rings is 3. The van der Waals surface area contributed by atoms with Gasteiger partial charge in [-0.15, -0.1) is 0 Å². The van der Waals surface area contributed by atoms with Crippen molar-refractivity contribution < 1.29 is 33.0 Å². The standard InChI is InChI=1S/C29H29F2NO5/c1-36-27-13-18(5-10-26(27)33)14-28(34)32-24-4-2-3-21(16-24)20-6-8-25(9-7-20)37-29(35)15-19-11-22(30)17-23(31)12-19/h2-5,10-13,16-17,20,25,33H,6-9,14-15H2,1H3,(H,32,34). The second kappa shape index (κ2) is 11.9. The van der Waals surface area contributed by atoms with Gasteiger partial charge in [-0.1, -0.05) is 18.2 Å². The van der Waals surface area contributed by atoms with Crippen LogP contribution in [-0.2, 0) is 27.2 Å². The zero-order valence-electron chi connectivity index (χ0n) is 20.5. The summed E-state index contributed by atoms with van der Waals surface area (Å²) in [5.41, 5.74) is 2.77. The van der Waals surface area contributed by atoms with Gasteiger partial charge in [0, 0.05) is 11.8 Å². The molecular weight excluding hydrogens is 480 g/mol. The number of phenolic OH excluding ortho intramolecular Hbond substituents is 1. The zero-order valence-corrected chi connectivity index (χ0v) is 20.5. The van der Waals surface area contributed by atoms with Crippen LogP contribution < -0.4 is 10.1 Å². The van der Waals surface area contributed by atoms with Gasteiger partial charge in [0.25, 0.3) is 0 Å². The highest BCUT2D eigenvalue weighted by Crippen LogP contribution is 2.35. The molecule has 0 bridgehead atoms. The molecule has 0 saturated heterocycles. The van der Waals surface area contributed by atoms with Crippen LogP contribution in [0.2, 0.25) is 0 Å². The first kappa shape index (κ1) is 26.1. The maximum atomic E-state index is 13.4. The molecular formula is C29H29F2NO5. The number of anilines is 1. The van der Waals surface area contributed by atoms with Gasteiger partial charge in [-0.3, -0.25) is 9.59 Å². The topological polar surface area (TPSA) is 84.9 Å². The number of nitrogens with one attached hydrogen (secondary N) is 1. The summed E-state index contributed by atoms with van der Waals surface area (Å²) >= 11 is 0. The van der Waals surface area contributed by atoms with Gasteiger partial charge < -0.3 is 19.9 Å². The molecule has 0 heterocycles. The Morgan fingerprint density at radius 2 is 1.65 bits per heavy atom. The van der Waals surface area contributed by atoms with Crippen LogP contribution in [0.1, 0.15) is 48.3 Å². The molecule has 4 rings (SSSR count). The number of halogens is 2. The highest BCUT2D eigenvalue weighted by Gasteiger charge is 2.25. The smallest absolute Gasteiger partial charge is 0.310 e. The molecule has 6 nitrogen and oxygen atoms in total.